The van der Waals surface area contributed by atoms with E-state index in [2.05, 4.69) is 33.0 Å². The summed E-state index contributed by atoms with van der Waals surface area (Å²) in [6, 6.07) is 8.26. The van der Waals surface area contributed by atoms with E-state index in [0.29, 0.717) is 11.8 Å². The van der Waals surface area contributed by atoms with Gasteiger partial charge in [-0.05, 0) is 43.9 Å². The van der Waals surface area contributed by atoms with E-state index in [0.717, 1.165) is 11.5 Å². The van der Waals surface area contributed by atoms with Crippen LogP contribution in [0.15, 0.2) is 24.3 Å². The van der Waals surface area contributed by atoms with Gasteiger partial charge < -0.3 is 10.4 Å². The van der Waals surface area contributed by atoms with Crippen molar-refractivity contribution >= 4 is 0 Å². The SMILES string of the molecule is CCC(C)CC(C)NC(C)c1cccc(O)c1. The van der Waals surface area contributed by atoms with E-state index in [1.165, 1.54) is 12.8 Å². The number of benzene rings is 1. The quantitative estimate of drug-likeness (QED) is 0.784. The highest BCUT2D eigenvalue weighted by Crippen LogP contribution is 2.19. The molecule has 0 aliphatic carbocycles. The van der Waals surface area contributed by atoms with Gasteiger partial charge in [0.1, 0.15) is 5.75 Å². The molecule has 0 saturated carbocycles. The lowest BCUT2D eigenvalue weighted by Crippen LogP contribution is -2.30. The summed E-state index contributed by atoms with van der Waals surface area (Å²) in [5.41, 5.74) is 1.14. The summed E-state index contributed by atoms with van der Waals surface area (Å²) in [5, 5.41) is 13.0. The molecule has 3 atom stereocenters. The Morgan fingerprint density at radius 3 is 2.53 bits per heavy atom. The maximum Gasteiger partial charge on any atom is 0.115 e. The van der Waals surface area contributed by atoms with Crippen molar-refractivity contribution in [3.05, 3.63) is 29.8 Å². The van der Waals surface area contributed by atoms with Gasteiger partial charge in [0.05, 0.1) is 0 Å². The fourth-order valence-corrected chi connectivity index (χ4v) is 2.16. The molecule has 2 heteroatoms. The zero-order chi connectivity index (χ0) is 12.8. The van der Waals surface area contributed by atoms with Crippen molar-refractivity contribution in [2.75, 3.05) is 0 Å². The second kappa shape index (κ2) is 6.65. The molecule has 0 aliphatic heterocycles. The average molecular weight is 235 g/mol. The Kier molecular flexibility index (Phi) is 5.49. The molecular formula is C15H25NO. The van der Waals surface area contributed by atoms with Gasteiger partial charge in [0.25, 0.3) is 0 Å². The molecule has 96 valence electrons. The van der Waals surface area contributed by atoms with E-state index in [1.54, 1.807) is 6.07 Å². The highest BCUT2D eigenvalue weighted by Gasteiger charge is 2.11. The Morgan fingerprint density at radius 2 is 1.94 bits per heavy atom. The Bertz CT molecular complexity index is 337. The summed E-state index contributed by atoms with van der Waals surface area (Å²) in [7, 11) is 0. The van der Waals surface area contributed by atoms with Crippen molar-refractivity contribution in [2.24, 2.45) is 5.92 Å². The van der Waals surface area contributed by atoms with E-state index in [4.69, 9.17) is 0 Å². The lowest BCUT2D eigenvalue weighted by molar-refractivity contribution is 0.384. The minimum Gasteiger partial charge on any atom is -0.508 e. The molecule has 2 N–H and O–H groups in total. The number of phenolic OH excluding ortho intramolecular Hbond substituents is 1. The molecule has 2 nitrogen and oxygen atoms in total. The van der Waals surface area contributed by atoms with Crippen LogP contribution in [0.5, 0.6) is 5.75 Å². The lowest BCUT2D eigenvalue weighted by Gasteiger charge is -2.22. The Morgan fingerprint density at radius 1 is 1.24 bits per heavy atom. The van der Waals surface area contributed by atoms with Crippen LogP contribution >= 0.6 is 0 Å². The van der Waals surface area contributed by atoms with Gasteiger partial charge in [-0.15, -0.1) is 0 Å². The molecule has 0 spiro atoms. The van der Waals surface area contributed by atoms with Gasteiger partial charge in [-0.25, -0.2) is 0 Å². The van der Waals surface area contributed by atoms with Crippen molar-refractivity contribution in [2.45, 2.75) is 52.6 Å². The third kappa shape index (κ3) is 4.78. The number of hydrogen-bond acceptors (Lipinski definition) is 2. The van der Waals surface area contributed by atoms with Crippen LogP contribution in [0.2, 0.25) is 0 Å². The summed E-state index contributed by atoms with van der Waals surface area (Å²) in [5.74, 6) is 1.10. The van der Waals surface area contributed by atoms with Crippen molar-refractivity contribution < 1.29 is 5.11 Å². The molecule has 0 saturated heterocycles. The fraction of sp³-hybridized carbons (Fsp3) is 0.600. The van der Waals surface area contributed by atoms with E-state index in [-0.39, 0.29) is 6.04 Å². The van der Waals surface area contributed by atoms with E-state index in [1.807, 2.05) is 18.2 Å². The zero-order valence-corrected chi connectivity index (χ0v) is 11.4. The number of aromatic hydroxyl groups is 1. The molecule has 0 bridgehead atoms. The highest BCUT2D eigenvalue weighted by atomic mass is 16.3. The number of nitrogens with one attached hydrogen (secondary N) is 1. The van der Waals surface area contributed by atoms with Gasteiger partial charge in [-0.1, -0.05) is 32.4 Å². The summed E-state index contributed by atoms with van der Waals surface area (Å²) in [6.07, 6.45) is 2.42. The predicted octanol–water partition coefficient (Wildman–Crippen LogP) is 3.87. The molecule has 0 amide bonds. The fourth-order valence-electron chi connectivity index (χ4n) is 2.16. The van der Waals surface area contributed by atoms with Crippen molar-refractivity contribution in [3.63, 3.8) is 0 Å². The van der Waals surface area contributed by atoms with Crippen LogP contribution in [0.3, 0.4) is 0 Å². The zero-order valence-electron chi connectivity index (χ0n) is 11.4. The van der Waals surface area contributed by atoms with Crippen LogP contribution in [-0.2, 0) is 0 Å². The second-order valence-electron chi connectivity index (χ2n) is 5.13. The van der Waals surface area contributed by atoms with Gasteiger partial charge in [0.2, 0.25) is 0 Å². The van der Waals surface area contributed by atoms with Crippen LogP contribution in [-0.4, -0.2) is 11.1 Å². The largest absolute Gasteiger partial charge is 0.508 e. The average Bonchev–Trinajstić information content (AvgIpc) is 2.28. The first kappa shape index (κ1) is 14.0. The first-order valence-electron chi connectivity index (χ1n) is 6.57. The van der Waals surface area contributed by atoms with Crippen LogP contribution in [0.1, 0.15) is 52.1 Å². The summed E-state index contributed by atoms with van der Waals surface area (Å²) in [6.45, 7) is 8.89. The minimum absolute atomic E-state index is 0.279. The normalized spacial score (nSPS) is 16.5. The van der Waals surface area contributed by atoms with E-state index in [9.17, 15) is 5.11 Å². The molecule has 0 aromatic heterocycles. The van der Waals surface area contributed by atoms with Crippen LogP contribution in [0.4, 0.5) is 0 Å². The molecule has 0 aliphatic rings. The molecule has 0 fully saturated rings. The van der Waals surface area contributed by atoms with Crippen LogP contribution in [0, 0.1) is 5.92 Å². The Balaban J connectivity index is 2.51. The maximum atomic E-state index is 9.45. The number of phenols is 1. The monoisotopic (exact) mass is 235 g/mol. The molecule has 17 heavy (non-hydrogen) atoms. The van der Waals surface area contributed by atoms with Crippen molar-refractivity contribution in [1.29, 1.82) is 0 Å². The first-order chi connectivity index (χ1) is 8.02. The minimum atomic E-state index is 0.279. The molecule has 0 radical (unpaired) electrons. The number of hydrogen-bond donors (Lipinski definition) is 2. The van der Waals surface area contributed by atoms with E-state index >= 15 is 0 Å². The predicted molar refractivity (Wildman–Crippen MR) is 73.2 cm³/mol. The molecular weight excluding hydrogens is 210 g/mol. The van der Waals surface area contributed by atoms with Crippen molar-refractivity contribution in [1.82, 2.24) is 5.32 Å². The summed E-state index contributed by atoms with van der Waals surface area (Å²) >= 11 is 0. The Labute approximate surface area is 105 Å². The van der Waals surface area contributed by atoms with Gasteiger partial charge in [0, 0.05) is 12.1 Å². The lowest BCUT2D eigenvalue weighted by atomic mass is 9.99. The smallest absolute Gasteiger partial charge is 0.115 e. The third-order valence-electron chi connectivity index (χ3n) is 3.36. The van der Waals surface area contributed by atoms with Gasteiger partial charge in [0.15, 0.2) is 0 Å². The first-order valence-corrected chi connectivity index (χ1v) is 6.57. The van der Waals surface area contributed by atoms with Gasteiger partial charge in [-0.3, -0.25) is 0 Å². The van der Waals surface area contributed by atoms with Crippen LogP contribution < -0.4 is 5.32 Å². The number of rotatable bonds is 6. The molecule has 0 heterocycles. The molecule has 3 unspecified atom stereocenters. The third-order valence-corrected chi connectivity index (χ3v) is 3.36. The van der Waals surface area contributed by atoms with Gasteiger partial charge >= 0.3 is 0 Å². The summed E-state index contributed by atoms with van der Waals surface area (Å²) in [4.78, 5) is 0. The maximum absolute atomic E-state index is 9.45. The molecule has 1 aromatic rings. The molecule has 1 rings (SSSR count). The standard InChI is InChI=1S/C15H25NO/c1-5-11(2)9-12(3)16-13(4)14-7-6-8-15(17)10-14/h6-8,10-13,16-17H,5,9H2,1-4H3. The van der Waals surface area contributed by atoms with E-state index < -0.39 is 0 Å². The Hall–Kier alpha value is -1.02. The topological polar surface area (TPSA) is 32.3 Å². The highest BCUT2D eigenvalue weighted by molar-refractivity contribution is 5.29. The van der Waals surface area contributed by atoms with Crippen molar-refractivity contribution in [3.8, 4) is 5.75 Å². The second-order valence-corrected chi connectivity index (χ2v) is 5.13. The van der Waals surface area contributed by atoms with Crippen LogP contribution in [0.25, 0.3) is 0 Å². The summed E-state index contributed by atoms with van der Waals surface area (Å²) < 4.78 is 0. The van der Waals surface area contributed by atoms with Gasteiger partial charge in [-0.2, -0.15) is 0 Å². The molecule has 1 aromatic carbocycles.